The van der Waals surface area contributed by atoms with Crippen LogP contribution in [0.3, 0.4) is 0 Å². The van der Waals surface area contributed by atoms with E-state index in [4.69, 9.17) is 0 Å². The van der Waals surface area contributed by atoms with Gasteiger partial charge in [-0.05, 0) is 26.0 Å². The fraction of sp³-hybridized carbons (Fsp3) is 0.308. The number of urea groups is 1. The van der Waals surface area contributed by atoms with E-state index in [0.717, 1.165) is 15.2 Å². The maximum atomic E-state index is 11.8. The minimum absolute atomic E-state index is 0.265. The normalized spacial score (nSPS) is 18.1. The third kappa shape index (κ3) is 1.88. The van der Waals surface area contributed by atoms with Crippen molar-refractivity contribution in [2.75, 3.05) is 0 Å². The van der Waals surface area contributed by atoms with Crippen LogP contribution in [0, 0.1) is 0 Å². The maximum Gasteiger partial charge on any atom is 0.325 e. The van der Waals surface area contributed by atoms with Crippen LogP contribution < -0.4 is 5.32 Å². The summed E-state index contributed by atoms with van der Waals surface area (Å²) in [6.07, 6.45) is 0. The molecule has 0 unspecified atom stereocenters. The number of benzene rings is 1. The van der Waals surface area contributed by atoms with Crippen LogP contribution in [0.15, 0.2) is 24.3 Å². The molecule has 0 spiro atoms. The van der Waals surface area contributed by atoms with Gasteiger partial charge in [-0.2, -0.15) is 0 Å². The Balaban J connectivity index is 1.92. The molecule has 1 N–H and O–H groups in total. The fourth-order valence-corrected chi connectivity index (χ4v) is 3.04. The van der Waals surface area contributed by atoms with E-state index in [1.807, 2.05) is 24.3 Å². The lowest BCUT2D eigenvalue weighted by molar-refractivity contribution is -0.125. The second kappa shape index (κ2) is 4.03. The van der Waals surface area contributed by atoms with E-state index in [2.05, 4.69) is 10.3 Å². The van der Waals surface area contributed by atoms with Gasteiger partial charge in [0.2, 0.25) is 0 Å². The Bertz CT molecular complexity index is 644. The van der Waals surface area contributed by atoms with Gasteiger partial charge in [-0.3, -0.25) is 10.1 Å². The minimum atomic E-state index is -0.824. The van der Waals surface area contributed by atoms with E-state index in [-0.39, 0.29) is 11.9 Å². The summed E-state index contributed by atoms with van der Waals surface area (Å²) in [5.41, 5.74) is 0.0980. The summed E-state index contributed by atoms with van der Waals surface area (Å²) in [6.45, 7) is 3.82. The Hall–Kier alpha value is -1.95. The highest BCUT2D eigenvalue weighted by atomic mass is 32.1. The topological polar surface area (TPSA) is 62.3 Å². The first kappa shape index (κ1) is 12.1. The van der Waals surface area contributed by atoms with Gasteiger partial charge in [0.05, 0.1) is 16.8 Å². The molecule has 3 amide bonds. The van der Waals surface area contributed by atoms with Crippen molar-refractivity contribution in [1.29, 1.82) is 0 Å². The molecule has 0 atom stereocenters. The first-order valence-electron chi connectivity index (χ1n) is 5.96. The molecule has 1 aromatic carbocycles. The number of nitrogens with one attached hydrogen (secondary N) is 1. The Morgan fingerprint density at radius 1 is 1.32 bits per heavy atom. The number of hydrogen-bond donors (Lipinski definition) is 1. The summed E-state index contributed by atoms with van der Waals surface area (Å²) in [7, 11) is 0. The summed E-state index contributed by atoms with van der Waals surface area (Å²) < 4.78 is 1.08. The van der Waals surface area contributed by atoms with Crippen LogP contribution in [0.5, 0.6) is 0 Å². The van der Waals surface area contributed by atoms with Crippen molar-refractivity contribution in [3.05, 3.63) is 29.3 Å². The number of rotatable bonds is 2. The Labute approximate surface area is 114 Å². The molecule has 1 saturated heterocycles. The van der Waals surface area contributed by atoms with E-state index in [0.29, 0.717) is 6.54 Å². The van der Waals surface area contributed by atoms with E-state index in [1.54, 1.807) is 25.2 Å². The number of aromatic nitrogens is 1. The van der Waals surface area contributed by atoms with Gasteiger partial charge in [0.15, 0.2) is 0 Å². The first-order chi connectivity index (χ1) is 8.98. The second-order valence-corrected chi connectivity index (χ2v) is 6.09. The van der Waals surface area contributed by atoms with Crippen LogP contribution in [0.1, 0.15) is 18.9 Å². The lowest BCUT2D eigenvalue weighted by atomic mass is 10.1. The highest BCUT2D eigenvalue weighted by molar-refractivity contribution is 7.18. The van der Waals surface area contributed by atoms with Crippen LogP contribution in [-0.2, 0) is 11.3 Å². The molecule has 1 aromatic heterocycles. The Kier molecular flexibility index (Phi) is 2.56. The predicted molar refractivity (Wildman–Crippen MR) is 72.8 cm³/mol. The highest BCUT2D eigenvalue weighted by Crippen LogP contribution is 2.27. The van der Waals surface area contributed by atoms with Crippen molar-refractivity contribution in [2.45, 2.75) is 25.9 Å². The molecule has 0 aliphatic carbocycles. The molecule has 0 saturated carbocycles. The molecule has 2 heterocycles. The molecule has 19 heavy (non-hydrogen) atoms. The molecule has 1 aliphatic rings. The molecule has 1 fully saturated rings. The zero-order valence-corrected chi connectivity index (χ0v) is 11.5. The molecule has 5 nitrogen and oxygen atoms in total. The molecule has 3 rings (SSSR count). The minimum Gasteiger partial charge on any atom is -0.304 e. The molecule has 0 bridgehead atoms. The average Bonchev–Trinajstić information content (AvgIpc) is 2.84. The van der Waals surface area contributed by atoms with Gasteiger partial charge in [0, 0.05) is 0 Å². The van der Waals surface area contributed by atoms with Crippen molar-refractivity contribution in [2.24, 2.45) is 0 Å². The molecule has 98 valence electrons. The first-order valence-corrected chi connectivity index (χ1v) is 6.77. The quantitative estimate of drug-likeness (QED) is 0.854. The van der Waals surface area contributed by atoms with Gasteiger partial charge in [0.1, 0.15) is 10.5 Å². The fourth-order valence-electron chi connectivity index (χ4n) is 2.09. The standard InChI is InChI=1S/C13H13N3O2S/c1-13(2)11(17)15-12(18)16(13)7-10-14-8-5-3-4-6-9(8)19-10/h3-6H,7H2,1-2H3,(H,15,17,18). The van der Waals surface area contributed by atoms with E-state index in [1.165, 1.54) is 4.90 Å². The Morgan fingerprint density at radius 3 is 2.68 bits per heavy atom. The average molecular weight is 275 g/mol. The van der Waals surface area contributed by atoms with Crippen molar-refractivity contribution in [1.82, 2.24) is 15.2 Å². The summed E-state index contributed by atoms with van der Waals surface area (Å²) in [6, 6.07) is 7.48. The van der Waals surface area contributed by atoms with Gasteiger partial charge in [-0.25, -0.2) is 9.78 Å². The molecule has 6 heteroatoms. The monoisotopic (exact) mass is 275 g/mol. The molecule has 1 aliphatic heterocycles. The van der Waals surface area contributed by atoms with Crippen LogP contribution >= 0.6 is 11.3 Å². The van der Waals surface area contributed by atoms with Gasteiger partial charge >= 0.3 is 6.03 Å². The number of para-hydroxylation sites is 1. The van der Waals surface area contributed by atoms with Crippen LogP contribution in [-0.4, -0.2) is 27.4 Å². The van der Waals surface area contributed by atoms with Gasteiger partial charge in [-0.15, -0.1) is 11.3 Å². The second-order valence-electron chi connectivity index (χ2n) is 4.98. The number of nitrogens with zero attached hydrogens (tertiary/aromatic N) is 2. The summed E-state index contributed by atoms with van der Waals surface area (Å²) in [5, 5.41) is 3.17. The lowest BCUT2D eigenvalue weighted by Gasteiger charge is -2.26. The van der Waals surface area contributed by atoms with E-state index >= 15 is 0 Å². The number of carbonyl (C=O) groups is 2. The smallest absolute Gasteiger partial charge is 0.304 e. The highest BCUT2D eigenvalue weighted by Gasteiger charge is 2.45. The van der Waals surface area contributed by atoms with Crippen molar-refractivity contribution in [3.8, 4) is 0 Å². The predicted octanol–water partition coefficient (Wildman–Crippen LogP) is 2.13. The molecular weight excluding hydrogens is 262 g/mol. The molecule has 2 aromatic rings. The number of amides is 3. The number of fused-ring (bicyclic) bond motifs is 1. The Morgan fingerprint density at radius 2 is 2.05 bits per heavy atom. The number of thiazole rings is 1. The lowest BCUT2D eigenvalue weighted by Crippen LogP contribution is -2.43. The number of imide groups is 1. The summed E-state index contributed by atoms with van der Waals surface area (Å²) in [4.78, 5) is 29.5. The molecule has 0 radical (unpaired) electrons. The van der Waals surface area contributed by atoms with Crippen molar-refractivity contribution >= 4 is 33.5 Å². The number of hydrogen-bond acceptors (Lipinski definition) is 4. The number of carbonyl (C=O) groups excluding carboxylic acids is 2. The van der Waals surface area contributed by atoms with Crippen LogP contribution in [0.4, 0.5) is 4.79 Å². The maximum absolute atomic E-state index is 11.8. The van der Waals surface area contributed by atoms with Crippen molar-refractivity contribution in [3.63, 3.8) is 0 Å². The van der Waals surface area contributed by atoms with E-state index < -0.39 is 5.54 Å². The van der Waals surface area contributed by atoms with Gasteiger partial charge in [0.25, 0.3) is 5.91 Å². The van der Waals surface area contributed by atoms with Gasteiger partial charge in [-0.1, -0.05) is 12.1 Å². The SMILES string of the molecule is CC1(C)C(=O)NC(=O)N1Cc1nc2ccccc2s1. The summed E-state index contributed by atoms with van der Waals surface area (Å²) in [5.74, 6) is -0.265. The van der Waals surface area contributed by atoms with Gasteiger partial charge < -0.3 is 4.90 Å². The van der Waals surface area contributed by atoms with E-state index in [9.17, 15) is 9.59 Å². The zero-order valence-electron chi connectivity index (χ0n) is 10.6. The van der Waals surface area contributed by atoms with Crippen LogP contribution in [0.25, 0.3) is 10.2 Å². The van der Waals surface area contributed by atoms with Crippen LogP contribution in [0.2, 0.25) is 0 Å². The largest absolute Gasteiger partial charge is 0.325 e. The summed E-state index contributed by atoms with van der Waals surface area (Å²) >= 11 is 1.54. The zero-order chi connectivity index (χ0) is 13.6. The van der Waals surface area contributed by atoms with Crippen molar-refractivity contribution < 1.29 is 9.59 Å². The third-order valence-electron chi connectivity index (χ3n) is 3.33. The third-order valence-corrected chi connectivity index (χ3v) is 4.35. The molecular formula is C13H13N3O2S.